The third-order valence-corrected chi connectivity index (χ3v) is 6.98. The molecule has 2 N–H and O–H groups in total. The van der Waals surface area contributed by atoms with Gasteiger partial charge in [-0.05, 0) is 48.3 Å². The van der Waals surface area contributed by atoms with Crippen molar-refractivity contribution in [1.82, 2.24) is 20.5 Å². The van der Waals surface area contributed by atoms with Gasteiger partial charge >= 0.3 is 0 Å². The van der Waals surface area contributed by atoms with Crippen LogP contribution in [0.2, 0.25) is 0 Å². The fraction of sp³-hybridized carbons (Fsp3) is 0.696. The number of likely N-dealkylation sites (tertiary alicyclic amines) is 1. The van der Waals surface area contributed by atoms with Gasteiger partial charge in [-0.3, -0.25) is 19.5 Å². The molecule has 4 heterocycles. The molecule has 4 bridgehead atoms. The molecular weight excluding hydrogens is 364 g/mol. The summed E-state index contributed by atoms with van der Waals surface area (Å²) in [5.41, 5.74) is 0.231. The van der Waals surface area contributed by atoms with Gasteiger partial charge in [0.1, 0.15) is 5.54 Å². The van der Waals surface area contributed by atoms with Crippen LogP contribution >= 0.6 is 0 Å². The van der Waals surface area contributed by atoms with Crippen molar-refractivity contribution in [2.75, 3.05) is 13.1 Å². The highest BCUT2D eigenvalue weighted by atomic mass is 16.2. The standard InChI is InChI=1S/C23H34N4O2/c1-14(2)9-18-20-19-17(13-27(20)12-15(3)4)10-23(18,26-21(19)28)22(29)25-11-16-5-7-24-8-6-16/h5-8,14-15,17-20H,9-13H2,1-4H3,(H,25,29)(H,26,28)/t17-,18+,19-,20-,23+/m1/s1. The Morgan fingerprint density at radius 3 is 2.66 bits per heavy atom. The quantitative estimate of drug-likeness (QED) is 0.738. The highest BCUT2D eigenvalue weighted by Gasteiger charge is 2.67. The van der Waals surface area contributed by atoms with E-state index in [1.807, 2.05) is 12.1 Å². The van der Waals surface area contributed by atoms with Crippen molar-refractivity contribution in [3.8, 4) is 0 Å². The van der Waals surface area contributed by atoms with Gasteiger partial charge in [0.15, 0.2) is 0 Å². The molecule has 29 heavy (non-hydrogen) atoms. The summed E-state index contributed by atoms with van der Waals surface area (Å²) in [6, 6.07) is 4.00. The van der Waals surface area contributed by atoms with E-state index < -0.39 is 5.54 Å². The predicted octanol–water partition coefficient (Wildman–Crippen LogP) is 2.21. The molecule has 0 radical (unpaired) electrons. The second-order valence-electron chi connectivity index (χ2n) is 10.1. The van der Waals surface area contributed by atoms with Gasteiger partial charge in [0.05, 0.1) is 5.92 Å². The van der Waals surface area contributed by atoms with E-state index in [0.717, 1.165) is 31.5 Å². The van der Waals surface area contributed by atoms with E-state index in [1.165, 1.54) is 0 Å². The summed E-state index contributed by atoms with van der Waals surface area (Å²) in [6.45, 7) is 11.3. The van der Waals surface area contributed by atoms with Crippen molar-refractivity contribution < 1.29 is 9.59 Å². The van der Waals surface area contributed by atoms with Crippen molar-refractivity contribution in [1.29, 1.82) is 0 Å². The Morgan fingerprint density at radius 2 is 2.00 bits per heavy atom. The molecule has 6 heteroatoms. The second-order valence-corrected chi connectivity index (χ2v) is 10.1. The number of hydrogen-bond donors (Lipinski definition) is 2. The van der Waals surface area contributed by atoms with Gasteiger partial charge in [-0.1, -0.05) is 27.7 Å². The van der Waals surface area contributed by atoms with E-state index in [2.05, 4.69) is 48.2 Å². The number of nitrogens with zero attached hydrogens (tertiary/aromatic N) is 2. The van der Waals surface area contributed by atoms with Crippen molar-refractivity contribution in [3.63, 3.8) is 0 Å². The third kappa shape index (κ3) is 3.56. The first kappa shape index (κ1) is 20.3. The Hall–Kier alpha value is -1.95. The molecule has 1 saturated carbocycles. The molecule has 0 spiro atoms. The largest absolute Gasteiger partial charge is 0.350 e. The SMILES string of the molecule is CC(C)C[C@H]1[C@@H]2[C@@H]3C(=O)N[C@@]1(C(=O)NCc1ccncc1)C[C@@H]3CN2CC(C)C. The third-order valence-electron chi connectivity index (χ3n) is 6.98. The Bertz CT molecular complexity index is 765. The van der Waals surface area contributed by atoms with Crippen LogP contribution in [0.3, 0.4) is 0 Å². The molecule has 4 fully saturated rings. The lowest BCUT2D eigenvalue weighted by Crippen LogP contribution is -2.76. The average molecular weight is 399 g/mol. The molecule has 0 aromatic carbocycles. The monoisotopic (exact) mass is 398 g/mol. The van der Waals surface area contributed by atoms with Crippen LogP contribution < -0.4 is 10.6 Å². The van der Waals surface area contributed by atoms with Gasteiger partial charge in [-0.15, -0.1) is 0 Å². The van der Waals surface area contributed by atoms with Crippen LogP contribution in [-0.2, 0) is 16.1 Å². The smallest absolute Gasteiger partial charge is 0.246 e. The predicted molar refractivity (Wildman–Crippen MR) is 112 cm³/mol. The molecule has 5 rings (SSSR count). The highest BCUT2D eigenvalue weighted by Crippen LogP contribution is 2.54. The Kier molecular flexibility index (Phi) is 5.40. The number of fused-ring (bicyclic) bond motifs is 1. The van der Waals surface area contributed by atoms with E-state index in [9.17, 15) is 9.59 Å². The van der Waals surface area contributed by atoms with E-state index in [4.69, 9.17) is 0 Å². The molecule has 5 atom stereocenters. The Morgan fingerprint density at radius 1 is 1.28 bits per heavy atom. The first-order valence-corrected chi connectivity index (χ1v) is 11.0. The number of aromatic nitrogens is 1. The zero-order valence-electron chi connectivity index (χ0n) is 18.0. The second kappa shape index (κ2) is 7.71. The maximum absolute atomic E-state index is 13.6. The molecular formula is C23H34N4O2. The molecule has 2 amide bonds. The highest BCUT2D eigenvalue weighted by molar-refractivity contribution is 5.96. The molecule has 3 aliphatic heterocycles. The van der Waals surface area contributed by atoms with Crippen molar-refractivity contribution in [2.24, 2.45) is 29.6 Å². The number of piperidine rings is 2. The Labute approximate surface area is 173 Å². The van der Waals surface area contributed by atoms with Gasteiger partial charge in [0, 0.05) is 44.0 Å². The Balaban J connectivity index is 1.63. The summed E-state index contributed by atoms with van der Waals surface area (Å²) >= 11 is 0. The van der Waals surface area contributed by atoms with Crippen molar-refractivity contribution in [3.05, 3.63) is 30.1 Å². The van der Waals surface area contributed by atoms with Crippen molar-refractivity contribution >= 4 is 11.8 Å². The fourth-order valence-electron chi connectivity index (χ4n) is 6.08. The van der Waals surface area contributed by atoms with Crippen LogP contribution in [0.5, 0.6) is 0 Å². The average Bonchev–Trinajstić information content (AvgIpc) is 2.96. The maximum atomic E-state index is 13.6. The summed E-state index contributed by atoms with van der Waals surface area (Å²) < 4.78 is 0. The van der Waals surface area contributed by atoms with E-state index in [0.29, 0.717) is 18.4 Å². The number of nitrogens with one attached hydrogen (secondary N) is 2. The maximum Gasteiger partial charge on any atom is 0.246 e. The molecule has 1 aromatic rings. The normalized spacial score (nSPS) is 33.4. The molecule has 0 unspecified atom stereocenters. The van der Waals surface area contributed by atoms with E-state index >= 15 is 0 Å². The number of carbonyl (C=O) groups is 2. The van der Waals surface area contributed by atoms with Crippen molar-refractivity contribution in [2.45, 2.75) is 58.7 Å². The minimum atomic E-state index is -0.788. The zero-order chi connectivity index (χ0) is 20.8. The van der Waals surface area contributed by atoms with E-state index in [-0.39, 0.29) is 35.6 Å². The van der Waals surface area contributed by atoms with Crippen LogP contribution in [-0.4, -0.2) is 46.4 Å². The van der Waals surface area contributed by atoms with Gasteiger partial charge in [-0.2, -0.15) is 0 Å². The van der Waals surface area contributed by atoms with Gasteiger partial charge < -0.3 is 10.6 Å². The number of hydrogen-bond acceptors (Lipinski definition) is 4. The van der Waals surface area contributed by atoms with Gasteiger partial charge in [0.2, 0.25) is 11.8 Å². The van der Waals surface area contributed by atoms with Crippen LogP contribution in [0.25, 0.3) is 0 Å². The first-order valence-electron chi connectivity index (χ1n) is 11.0. The minimum absolute atomic E-state index is 0.0205. The van der Waals surface area contributed by atoms with Gasteiger partial charge in [-0.25, -0.2) is 0 Å². The minimum Gasteiger partial charge on any atom is -0.350 e. The molecule has 6 nitrogen and oxygen atoms in total. The zero-order valence-corrected chi connectivity index (χ0v) is 18.0. The summed E-state index contributed by atoms with van der Waals surface area (Å²) in [6.07, 6.45) is 5.18. The van der Waals surface area contributed by atoms with Crippen LogP contribution in [0.15, 0.2) is 24.5 Å². The lowest BCUT2D eigenvalue weighted by molar-refractivity contribution is -0.155. The van der Waals surface area contributed by atoms with Crippen LogP contribution in [0, 0.1) is 29.6 Å². The molecule has 158 valence electrons. The number of amides is 2. The summed E-state index contributed by atoms with van der Waals surface area (Å²) in [5.74, 6) is 1.55. The van der Waals surface area contributed by atoms with E-state index in [1.54, 1.807) is 12.4 Å². The lowest BCUT2D eigenvalue weighted by Gasteiger charge is -2.55. The first-order chi connectivity index (χ1) is 13.8. The molecule has 1 aromatic heterocycles. The molecule has 3 saturated heterocycles. The summed E-state index contributed by atoms with van der Waals surface area (Å²) in [4.78, 5) is 33.2. The fourth-order valence-corrected chi connectivity index (χ4v) is 6.08. The molecule has 1 aliphatic carbocycles. The van der Waals surface area contributed by atoms with Crippen LogP contribution in [0.4, 0.5) is 0 Å². The summed E-state index contributed by atoms with van der Waals surface area (Å²) in [5, 5.41) is 6.34. The van der Waals surface area contributed by atoms with Gasteiger partial charge in [0.25, 0.3) is 0 Å². The topological polar surface area (TPSA) is 74.3 Å². The van der Waals surface area contributed by atoms with Crippen LogP contribution in [0.1, 0.15) is 46.1 Å². The number of pyridine rings is 1. The molecule has 4 aliphatic rings. The summed E-state index contributed by atoms with van der Waals surface area (Å²) in [7, 11) is 0. The number of carbonyl (C=O) groups excluding carboxylic acids is 2. The number of rotatable bonds is 7. The lowest BCUT2D eigenvalue weighted by atomic mass is 9.57.